The van der Waals surface area contributed by atoms with Gasteiger partial charge in [0.05, 0.1) is 23.9 Å². The lowest BCUT2D eigenvalue weighted by molar-refractivity contribution is -0.122. The molecule has 31 heavy (non-hydrogen) atoms. The van der Waals surface area contributed by atoms with Gasteiger partial charge in [0.2, 0.25) is 0 Å². The van der Waals surface area contributed by atoms with Crippen LogP contribution in [0.4, 0.5) is 10.5 Å². The molecule has 1 aliphatic rings. The number of carbonyl (C=O) groups is 3. The Morgan fingerprint density at radius 2 is 1.74 bits per heavy atom. The van der Waals surface area contributed by atoms with E-state index in [0.29, 0.717) is 35.3 Å². The molecular formula is C22H20Cl2N2O5. The van der Waals surface area contributed by atoms with Crippen molar-refractivity contribution in [3.05, 3.63) is 57.6 Å². The van der Waals surface area contributed by atoms with Crippen LogP contribution in [0, 0.1) is 0 Å². The summed E-state index contributed by atoms with van der Waals surface area (Å²) in [6.45, 7) is 4.61. The van der Waals surface area contributed by atoms with Gasteiger partial charge in [-0.3, -0.25) is 14.9 Å². The third kappa shape index (κ3) is 5.00. The van der Waals surface area contributed by atoms with E-state index in [0.717, 1.165) is 11.3 Å². The number of hydrogen-bond donors (Lipinski definition) is 1. The van der Waals surface area contributed by atoms with Crippen molar-refractivity contribution in [2.45, 2.75) is 20.3 Å². The summed E-state index contributed by atoms with van der Waals surface area (Å²) < 4.78 is 11.3. The molecule has 9 heteroatoms. The number of anilines is 1. The van der Waals surface area contributed by atoms with Crippen LogP contribution in [0.1, 0.15) is 25.8 Å². The molecule has 4 amide bonds. The molecule has 0 saturated carbocycles. The first kappa shape index (κ1) is 22.7. The van der Waals surface area contributed by atoms with E-state index in [4.69, 9.17) is 32.7 Å². The number of halogens is 2. The zero-order valence-electron chi connectivity index (χ0n) is 16.9. The fourth-order valence-corrected chi connectivity index (χ4v) is 3.33. The number of carbonyl (C=O) groups excluding carboxylic acids is 3. The highest BCUT2D eigenvalue weighted by atomic mass is 35.5. The van der Waals surface area contributed by atoms with Crippen LogP contribution in [-0.2, 0) is 9.59 Å². The van der Waals surface area contributed by atoms with Crippen LogP contribution in [-0.4, -0.2) is 31.1 Å². The van der Waals surface area contributed by atoms with Crippen LogP contribution in [0.5, 0.6) is 11.5 Å². The number of imide groups is 2. The van der Waals surface area contributed by atoms with Gasteiger partial charge in [-0.1, -0.05) is 30.1 Å². The molecule has 2 aromatic carbocycles. The highest BCUT2D eigenvalue weighted by Crippen LogP contribution is 2.37. The Morgan fingerprint density at radius 1 is 1.03 bits per heavy atom. The highest BCUT2D eigenvalue weighted by Gasteiger charge is 2.36. The van der Waals surface area contributed by atoms with E-state index in [1.807, 2.05) is 13.8 Å². The summed E-state index contributed by atoms with van der Waals surface area (Å²) in [7, 11) is 0. The largest absolute Gasteiger partial charge is 0.490 e. The fraction of sp³-hybridized carbons (Fsp3) is 0.227. The van der Waals surface area contributed by atoms with E-state index in [2.05, 4.69) is 5.32 Å². The summed E-state index contributed by atoms with van der Waals surface area (Å²) in [5, 5.41) is 2.90. The molecular weight excluding hydrogens is 443 g/mol. The van der Waals surface area contributed by atoms with Crippen LogP contribution < -0.4 is 19.7 Å². The summed E-state index contributed by atoms with van der Waals surface area (Å²) in [5.74, 6) is -0.786. The van der Waals surface area contributed by atoms with Gasteiger partial charge in [0.15, 0.2) is 11.5 Å². The number of hydrogen-bond acceptors (Lipinski definition) is 5. The minimum Gasteiger partial charge on any atom is -0.490 e. The minimum absolute atomic E-state index is 0.227. The first-order chi connectivity index (χ1) is 14.8. The Hall–Kier alpha value is -3.03. The highest BCUT2D eigenvalue weighted by molar-refractivity contribution is 6.39. The van der Waals surface area contributed by atoms with Crippen molar-refractivity contribution in [2.75, 3.05) is 18.1 Å². The van der Waals surface area contributed by atoms with Crippen LogP contribution in [0.3, 0.4) is 0 Å². The lowest BCUT2D eigenvalue weighted by Crippen LogP contribution is -2.54. The Morgan fingerprint density at radius 3 is 2.39 bits per heavy atom. The second-order valence-corrected chi connectivity index (χ2v) is 7.39. The van der Waals surface area contributed by atoms with Gasteiger partial charge in [-0.2, -0.15) is 0 Å². The van der Waals surface area contributed by atoms with E-state index in [1.54, 1.807) is 24.3 Å². The molecule has 0 radical (unpaired) electrons. The fourth-order valence-electron chi connectivity index (χ4n) is 2.93. The number of nitrogens with zero attached hydrogens (tertiary/aromatic N) is 1. The van der Waals surface area contributed by atoms with Gasteiger partial charge in [0, 0.05) is 5.02 Å². The number of urea groups is 1. The molecule has 0 aliphatic carbocycles. The van der Waals surface area contributed by atoms with Gasteiger partial charge in [0.1, 0.15) is 5.57 Å². The van der Waals surface area contributed by atoms with Crippen LogP contribution in [0.2, 0.25) is 10.0 Å². The molecule has 0 aromatic heterocycles. The van der Waals surface area contributed by atoms with E-state index in [-0.39, 0.29) is 16.3 Å². The molecule has 1 saturated heterocycles. The first-order valence-corrected chi connectivity index (χ1v) is 10.4. The van der Waals surface area contributed by atoms with Gasteiger partial charge >= 0.3 is 6.03 Å². The van der Waals surface area contributed by atoms with Crippen molar-refractivity contribution in [3.8, 4) is 11.5 Å². The van der Waals surface area contributed by atoms with Crippen LogP contribution in [0.25, 0.3) is 6.08 Å². The summed E-state index contributed by atoms with van der Waals surface area (Å²) in [5.41, 5.74) is 0.498. The topological polar surface area (TPSA) is 84.9 Å². The monoisotopic (exact) mass is 462 g/mol. The predicted molar refractivity (Wildman–Crippen MR) is 119 cm³/mol. The summed E-state index contributed by atoms with van der Waals surface area (Å²) in [4.78, 5) is 38.6. The molecule has 0 spiro atoms. The molecule has 162 valence electrons. The Kier molecular flexibility index (Phi) is 7.20. The normalized spacial score (nSPS) is 15.3. The maximum atomic E-state index is 13.0. The summed E-state index contributed by atoms with van der Waals surface area (Å²) >= 11 is 12.2. The summed E-state index contributed by atoms with van der Waals surface area (Å²) in [6, 6.07) is 8.45. The lowest BCUT2D eigenvalue weighted by atomic mass is 10.1. The van der Waals surface area contributed by atoms with Gasteiger partial charge in [-0.15, -0.1) is 0 Å². The van der Waals surface area contributed by atoms with Crippen molar-refractivity contribution in [2.24, 2.45) is 0 Å². The molecule has 3 rings (SSSR count). The van der Waals surface area contributed by atoms with Crippen molar-refractivity contribution >= 4 is 52.8 Å². The standard InChI is InChI=1S/C22H20Cl2N2O5/c1-3-9-31-19-17(24)11-13(12-18(19)30-4-2)10-16-20(27)25-22(29)26(21(16)28)15-7-5-14(23)6-8-15/h5-8,10-12H,3-4,9H2,1-2H3,(H,25,27,29)/b16-10+. The van der Waals surface area contributed by atoms with Gasteiger partial charge < -0.3 is 9.47 Å². The second kappa shape index (κ2) is 9.85. The Balaban J connectivity index is 2.00. The number of ether oxygens (including phenoxy) is 2. The number of benzene rings is 2. The van der Waals surface area contributed by atoms with E-state index in [9.17, 15) is 14.4 Å². The van der Waals surface area contributed by atoms with Crippen molar-refractivity contribution in [1.82, 2.24) is 5.32 Å². The maximum Gasteiger partial charge on any atom is 0.335 e. The van der Waals surface area contributed by atoms with Crippen LogP contribution >= 0.6 is 23.2 Å². The molecule has 1 fully saturated rings. The average Bonchev–Trinajstić information content (AvgIpc) is 2.72. The van der Waals surface area contributed by atoms with Gasteiger partial charge in [-0.05, 0) is 61.4 Å². The van der Waals surface area contributed by atoms with E-state index < -0.39 is 17.8 Å². The molecule has 1 aliphatic heterocycles. The second-order valence-electron chi connectivity index (χ2n) is 6.55. The zero-order chi connectivity index (χ0) is 22.5. The van der Waals surface area contributed by atoms with E-state index in [1.165, 1.54) is 18.2 Å². The molecule has 0 bridgehead atoms. The SMILES string of the molecule is CCCOc1c(Cl)cc(/C=C2\C(=O)NC(=O)N(c3ccc(Cl)cc3)C2=O)cc1OCC. The third-order valence-corrected chi connectivity index (χ3v) is 4.81. The maximum absolute atomic E-state index is 13.0. The minimum atomic E-state index is -0.842. The average molecular weight is 463 g/mol. The zero-order valence-corrected chi connectivity index (χ0v) is 18.4. The van der Waals surface area contributed by atoms with Gasteiger partial charge in [-0.25, -0.2) is 9.69 Å². The van der Waals surface area contributed by atoms with Crippen molar-refractivity contribution in [1.29, 1.82) is 0 Å². The molecule has 0 atom stereocenters. The number of barbiturate groups is 1. The van der Waals surface area contributed by atoms with Gasteiger partial charge in [0.25, 0.3) is 11.8 Å². The lowest BCUT2D eigenvalue weighted by Gasteiger charge is -2.26. The smallest absolute Gasteiger partial charge is 0.335 e. The molecule has 2 aromatic rings. The number of amides is 4. The quantitative estimate of drug-likeness (QED) is 0.469. The van der Waals surface area contributed by atoms with E-state index >= 15 is 0 Å². The number of nitrogens with one attached hydrogen (secondary N) is 1. The van der Waals surface area contributed by atoms with Crippen molar-refractivity contribution < 1.29 is 23.9 Å². The molecule has 1 heterocycles. The third-order valence-electron chi connectivity index (χ3n) is 4.28. The summed E-state index contributed by atoms with van der Waals surface area (Å²) in [6.07, 6.45) is 2.14. The Bertz CT molecular complexity index is 1050. The predicted octanol–water partition coefficient (Wildman–Crippen LogP) is 4.85. The first-order valence-electron chi connectivity index (χ1n) is 9.61. The van der Waals surface area contributed by atoms with Crippen molar-refractivity contribution in [3.63, 3.8) is 0 Å². The molecule has 1 N–H and O–H groups in total. The Labute approximate surface area is 189 Å². The molecule has 0 unspecified atom stereocenters. The van der Waals surface area contributed by atoms with Crippen LogP contribution in [0.15, 0.2) is 42.0 Å². The number of rotatable bonds is 7. The molecule has 7 nitrogen and oxygen atoms in total.